The van der Waals surface area contributed by atoms with Crippen molar-refractivity contribution in [2.45, 2.75) is 33.6 Å². The third kappa shape index (κ3) is 7.52. The molecule has 3 heteroatoms. The molecule has 0 aliphatic carbocycles. The van der Waals surface area contributed by atoms with Crippen molar-refractivity contribution in [3.8, 4) is 0 Å². The maximum atomic E-state index is 5.64. The zero-order valence-electron chi connectivity index (χ0n) is 9.73. The number of hydrogen-bond donors (Lipinski definition) is 0. The first-order valence-electron chi connectivity index (χ1n) is 4.87. The van der Waals surface area contributed by atoms with E-state index in [0.29, 0.717) is 5.76 Å². The summed E-state index contributed by atoms with van der Waals surface area (Å²) in [5.74, 6) is 0.521. The van der Waals surface area contributed by atoms with Crippen LogP contribution in [0.2, 0.25) is 0 Å². The van der Waals surface area contributed by atoms with E-state index in [1.807, 2.05) is 13.0 Å². The highest BCUT2D eigenvalue weighted by Crippen LogP contribution is 2.18. The summed E-state index contributed by atoms with van der Waals surface area (Å²) in [5.41, 5.74) is 2.53. The van der Waals surface area contributed by atoms with Crippen molar-refractivity contribution in [2.24, 2.45) is 0 Å². The molecule has 0 spiro atoms. The summed E-state index contributed by atoms with van der Waals surface area (Å²) in [6.45, 7) is 6.22. The van der Waals surface area contributed by atoms with Crippen LogP contribution in [0.15, 0.2) is 33.5 Å². The molecule has 0 rings (SSSR count). The van der Waals surface area contributed by atoms with Gasteiger partial charge in [0, 0.05) is 0 Å². The summed E-state index contributed by atoms with van der Waals surface area (Å²) < 4.78 is 5.20. The largest absolute Gasteiger partial charge is 0.494 e. The highest BCUT2D eigenvalue weighted by molar-refractivity contribution is 6.56. The van der Waals surface area contributed by atoms with Gasteiger partial charge in [-0.05, 0) is 39.7 Å². The number of ether oxygens (including phenoxy) is 1. The Morgan fingerprint density at radius 3 is 2.20 bits per heavy atom. The van der Waals surface area contributed by atoms with E-state index in [1.165, 1.54) is 11.1 Å². The van der Waals surface area contributed by atoms with Gasteiger partial charge in [-0.15, -0.1) is 0 Å². The maximum Gasteiger partial charge on any atom is 0.148 e. The highest BCUT2D eigenvalue weighted by Gasteiger charge is 1.99. The fourth-order valence-corrected chi connectivity index (χ4v) is 1.34. The molecule has 0 heterocycles. The van der Waals surface area contributed by atoms with E-state index in [4.69, 9.17) is 27.9 Å². The van der Waals surface area contributed by atoms with E-state index >= 15 is 0 Å². The van der Waals surface area contributed by atoms with Crippen LogP contribution in [0.4, 0.5) is 0 Å². The second kappa shape index (κ2) is 7.84. The molecule has 0 aromatic heterocycles. The topological polar surface area (TPSA) is 9.23 Å². The first-order valence-corrected chi connectivity index (χ1v) is 5.62. The molecular formula is C12H18Cl2O. The van der Waals surface area contributed by atoms with Crippen LogP contribution in [0.25, 0.3) is 0 Å². The lowest BCUT2D eigenvalue weighted by Gasteiger charge is -2.03. The third-order valence-electron chi connectivity index (χ3n) is 1.87. The van der Waals surface area contributed by atoms with E-state index < -0.39 is 0 Å². The summed E-state index contributed by atoms with van der Waals surface area (Å²) in [5, 5.41) is 0. The van der Waals surface area contributed by atoms with Crippen LogP contribution in [0.1, 0.15) is 33.6 Å². The van der Waals surface area contributed by atoms with Crippen molar-refractivity contribution in [3.63, 3.8) is 0 Å². The van der Waals surface area contributed by atoms with Crippen LogP contribution >= 0.6 is 23.2 Å². The Morgan fingerprint density at radius 1 is 1.20 bits per heavy atom. The summed E-state index contributed by atoms with van der Waals surface area (Å²) >= 11 is 11.3. The molecule has 0 fully saturated rings. The average molecular weight is 249 g/mol. The van der Waals surface area contributed by atoms with Crippen LogP contribution in [-0.4, -0.2) is 7.11 Å². The molecule has 0 saturated heterocycles. The molecule has 0 aromatic rings. The van der Waals surface area contributed by atoms with E-state index in [9.17, 15) is 0 Å². The minimum absolute atomic E-state index is 0.166. The van der Waals surface area contributed by atoms with Gasteiger partial charge in [-0.3, -0.25) is 0 Å². The average Bonchev–Trinajstić information content (AvgIpc) is 2.13. The monoisotopic (exact) mass is 248 g/mol. The Bertz CT molecular complexity index is 280. The van der Waals surface area contributed by atoms with E-state index in [1.54, 1.807) is 7.11 Å². The van der Waals surface area contributed by atoms with Gasteiger partial charge in [-0.1, -0.05) is 40.4 Å². The molecule has 0 N–H and O–H groups in total. The Hall–Kier alpha value is -0.400. The second-order valence-corrected chi connectivity index (χ2v) is 4.59. The minimum Gasteiger partial charge on any atom is -0.494 e. The van der Waals surface area contributed by atoms with Crippen LogP contribution in [0, 0.1) is 0 Å². The molecule has 86 valence electrons. The van der Waals surface area contributed by atoms with Gasteiger partial charge in [0.15, 0.2) is 0 Å². The molecular weight excluding hydrogens is 231 g/mol. The molecule has 0 bridgehead atoms. The number of methoxy groups -OCH3 is 1. The Morgan fingerprint density at radius 2 is 1.80 bits per heavy atom. The van der Waals surface area contributed by atoms with Gasteiger partial charge in [-0.2, -0.15) is 0 Å². The van der Waals surface area contributed by atoms with Crippen LogP contribution in [-0.2, 0) is 4.74 Å². The lowest BCUT2D eigenvalue weighted by molar-refractivity contribution is 0.306. The van der Waals surface area contributed by atoms with Gasteiger partial charge in [-0.25, -0.2) is 0 Å². The number of allylic oxidation sites excluding steroid dienone is 4. The Kier molecular flexibility index (Phi) is 7.63. The Balaban J connectivity index is 4.32. The number of rotatable bonds is 5. The molecule has 0 unspecified atom stereocenters. The molecule has 0 aromatic carbocycles. The smallest absolute Gasteiger partial charge is 0.148 e. The Labute approximate surface area is 102 Å². The van der Waals surface area contributed by atoms with Crippen molar-refractivity contribution in [2.75, 3.05) is 7.11 Å². The van der Waals surface area contributed by atoms with Crippen LogP contribution in [0.3, 0.4) is 0 Å². The van der Waals surface area contributed by atoms with Crippen molar-refractivity contribution in [3.05, 3.63) is 33.5 Å². The molecule has 0 aliphatic rings. The highest BCUT2D eigenvalue weighted by atomic mass is 35.5. The fraction of sp³-hybridized carbons (Fsp3) is 0.500. The standard InChI is InChI=1S/C12H18Cl2O/c1-9(2)6-5-7-10(3)8-11(15-4)12(13)14/h6,8H,5,7H2,1-4H3. The molecule has 1 nitrogen and oxygen atoms in total. The van der Waals surface area contributed by atoms with Gasteiger partial charge in [0.25, 0.3) is 0 Å². The molecule has 0 aliphatic heterocycles. The van der Waals surface area contributed by atoms with Gasteiger partial charge in [0.1, 0.15) is 10.3 Å². The van der Waals surface area contributed by atoms with Crippen LogP contribution < -0.4 is 0 Å². The van der Waals surface area contributed by atoms with Crippen molar-refractivity contribution in [1.29, 1.82) is 0 Å². The summed E-state index contributed by atoms with van der Waals surface area (Å²) in [6.07, 6.45) is 6.09. The SMILES string of the molecule is COC(C=C(C)CCC=C(C)C)=C(Cl)Cl. The third-order valence-corrected chi connectivity index (χ3v) is 2.25. The number of halogens is 2. The normalized spacial score (nSPS) is 10.9. The second-order valence-electron chi connectivity index (χ2n) is 3.64. The lowest BCUT2D eigenvalue weighted by Crippen LogP contribution is -1.86. The first-order chi connectivity index (χ1) is 6.97. The van der Waals surface area contributed by atoms with Gasteiger partial charge in [0.2, 0.25) is 0 Å². The van der Waals surface area contributed by atoms with Gasteiger partial charge >= 0.3 is 0 Å². The van der Waals surface area contributed by atoms with E-state index in [-0.39, 0.29) is 4.49 Å². The number of hydrogen-bond acceptors (Lipinski definition) is 1. The molecule has 0 amide bonds. The summed E-state index contributed by atoms with van der Waals surface area (Å²) in [6, 6.07) is 0. The summed E-state index contributed by atoms with van der Waals surface area (Å²) in [4.78, 5) is 0. The van der Waals surface area contributed by atoms with Crippen molar-refractivity contribution >= 4 is 23.2 Å². The van der Waals surface area contributed by atoms with Crippen LogP contribution in [0.5, 0.6) is 0 Å². The van der Waals surface area contributed by atoms with Crippen molar-refractivity contribution < 1.29 is 4.74 Å². The maximum absolute atomic E-state index is 5.64. The minimum atomic E-state index is 0.166. The molecule has 15 heavy (non-hydrogen) atoms. The quantitative estimate of drug-likeness (QED) is 0.379. The van der Waals surface area contributed by atoms with E-state index in [2.05, 4.69) is 19.9 Å². The molecule has 0 saturated carbocycles. The first kappa shape index (κ1) is 14.6. The molecule has 0 radical (unpaired) electrons. The predicted molar refractivity (Wildman–Crippen MR) is 68.2 cm³/mol. The predicted octanol–water partition coefficient (Wildman–Crippen LogP) is 4.97. The fourth-order valence-electron chi connectivity index (χ4n) is 1.08. The zero-order valence-corrected chi connectivity index (χ0v) is 11.2. The molecule has 0 atom stereocenters. The van der Waals surface area contributed by atoms with Gasteiger partial charge < -0.3 is 4.74 Å². The van der Waals surface area contributed by atoms with Gasteiger partial charge in [0.05, 0.1) is 7.11 Å². The lowest BCUT2D eigenvalue weighted by atomic mass is 10.1. The zero-order chi connectivity index (χ0) is 11.8. The van der Waals surface area contributed by atoms with Crippen molar-refractivity contribution in [1.82, 2.24) is 0 Å². The van der Waals surface area contributed by atoms with E-state index in [0.717, 1.165) is 12.8 Å². The summed E-state index contributed by atoms with van der Waals surface area (Å²) in [7, 11) is 1.56.